The summed E-state index contributed by atoms with van der Waals surface area (Å²) in [6, 6.07) is 11.0. The minimum atomic E-state index is -0.186. The van der Waals surface area contributed by atoms with Crippen LogP contribution in [0, 0.1) is 11.3 Å². The Hall–Kier alpha value is -1.73. The molecule has 0 unspecified atom stereocenters. The van der Waals surface area contributed by atoms with E-state index in [4.69, 9.17) is 0 Å². The number of ketones is 1. The summed E-state index contributed by atoms with van der Waals surface area (Å²) in [6.45, 7) is 0.898. The molecule has 1 heterocycles. The lowest BCUT2D eigenvalue weighted by molar-refractivity contribution is 0.103. The van der Waals surface area contributed by atoms with Crippen LogP contribution in [0.25, 0.3) is 0 Å². The van der Waals surface area contributed by atoms with E-state index in [-0.39, 0.29) is 11.4 Å². The van der Waals surface area contributed by atoms with E-state index in [2.05, 4.69) is 6.07 Å². The van der Waals surface area contributed by atoms with Crippen LogP contribution in [0.5, 0.6) is 0 Å². The van der Waals surface area contributed by atoms with E-state index in [1.54, 1.807) is 23.9 Å². The Morgan fingerprint density at radius 3 is 2.72 bits per heavy atom. The quantitative estimate of drug-likeness (QED) is 0.465. The molecule has 92 valence electrons. The van der Waals surface area contributed by atoms with Crippen LogP contribution in [-0.4, -0.2) is 30.0 Å². The average molecular weight is 258 g/mol. The molecule has 4 heteroatoms. The van der Waals surface area contributed by atoms with Crippen LogP contribution in [0.2, 0.25) is 0 Å². The summed E-state index contributed by atoms with van der Waals surface area (Å²) in [4.78, 5) is 14.3. The first-order valence-electron chi connectivity index (χ1n) is 5.82. The van der Waals surface area contributed by atoms with Crippen molar-refractivity contribution in [3.8, 4) is 6.07 Å². The molecule has 0 N–H and O–H groups in total. The molecule has 1 saturated heterocycles. The number of hydrogen-bond acceptors (Lipinski definition) is 4. The second-order valence-corrected chi connectivity index (χ2v) is 5.19. The number of Topliss-reactive ketones (excluding diaryl/α,β-unsaturated/α-hetero) is 1. The van der Waals surface area contributed by atoms with E-state index in [0.717, 1.165) is 23.7 Å². The highest BCUT2D eigenvalue weighted by Gasteiger charge is 2.22. The van der Waals surface area contributed by atoms with Gasteiger partial charge in [-0.1, -0.05) is 30.3 Å². The molecular weight excluding hydrogens is 244 g/mol. The molecule has 1 aromatic rings. The number of hydrogen-bond donors (Lipinski definition) is 0. The number of carbonyl (C=O) groups is 1. The molecule has 1 aromatic carbocycles. The lowest BCUT2D eigenvalue weighted by atomic mass is 10.1. The molecule has 0 aromatic heterocycles. The van der Waals surface area contributed by atoms with E-state index in [9.17, 15) is 10.1 Å². The standard InChI is InChI=1S/C14H14N2OS/c1-16-8-5-9-18-14(16)12(10-15)13(17)11-6-3-2-4-7-11/h2-4,6-7H,5,8-9H2,1H3/b14-12-. The van der Waals surface area contributed by atoms with Gasteiger partial charge in [-0.3, -0.25) is 4.79 Å². The van der Waals surface area contributed by atoms with Gasteiger partial charge in [-0.25, -0.2) is 0 Å². The van der Waals surface area contributed by atoms with Gasteiger partial charge in [-0.2, -0.15) is 5.26 Å². The summed E-state index contributed by atoms with van der Waals surface area (Å²) in [5.41, 5.74) is 0.828. The molecule has 0 aliphatic carbocycles. The molecule has 0 bridgehead atoms. The highest BCUT2D eigenvalue weighted by atomic mass is 32.2. The van der Waals surface area contributed by atoms with E-state index < -0.39 is 0 Å². The number of nitriles is 1. The van der Waals surface area contributed by atoms with Gasteiger partial charge >= 0.3 is 0 Å². The topological polar surface area (TPSA) is 44.1 Å². The second kappa shape index (κ2) is 5.74. The molecule has 0 radical (unpaired) electrons. The highest BCUT2D eigenvalue weighted by Crippen LogP contribution is 2.29. The molecule has 0 atom stereocenters. The Morgan fingerprint density at radius 2 is 2.11 bits per heavy atom. The van der Waals surface area contributed by atoms with Gasteiger partial charge < -0.3 is 4.90 Å². The van der Waals surface area contributed by atoms with Crippen LogP contribution in [-0.2, 0) is 0 Å². The van der Waals surface area contributed by atoms with Gasteiger partial charge in [0, 0.05) is 24.9 Å². The maximum absolute atomic E-state index is 12.3. The lowest BCUT2D eigenvalue weighted by Gasteiger charge is -2.27. The highest BCUT2D eigenvalue weighted by molar-refractivity contribution is 8.03. The van der Waals surface area contributed by atoms with Crippen molar-refractivity contribution in [2.24, 2.45) is 0 Å². The van der Waals surface area contributed by atoms with Crippen molar-refractivity contribution >= 4 is 17.5 Å². The predicted molar refractivity (Wildman–Crippen MR) is 73.1 cm³/mol. The minimum absolute atomic E-state index is 0.186. The van der Waals surface area contributed by atoms with Crippen LogP contribution in [0.4, 0.5) is 0 Å². The summed E-state index contributed by atoms with van der Waals surface area (Å²) >= 11 is 1.59. The van der Waals surface area contributed by atoms with E-state index >= 15 is 0 Å². The van der Waals surface area contributed by atoms with Crippen LogP contribution in [0.1, 0.15) is 16.8 Å². The molecule has 1 fully saturated rings. The molecule has 18 heavy (non-hydrogen) atoms. The summed E-state index contributed by atoms with van der Waals surface area (Å²) in [7, 11) is 1.93. The normalized spacial score (nSPS) is 18.1. The van der Waals surface area contributed by atoms with Crippen LogP contribution >= 0.6 is 11.8 Å². The van der Waals surface area contributed by atoms with Gasteiger partial charge in [-0.05, 0) is 6.42 Å². The number of benzene rings is 1. The Kier molecular flexibility index (Phi) is 4.06. The van der Waals surface area contributed by atoms with Crippen molar-refractivity contribution < 1.29 is 4.79 Å². The van der Waals surface area contributed by atoms with E-state index in [1.807, 2.05) is 30.1 Å². The molecule has 0 amide bonds. The first-order valence-corrected chi connectivity index (χ1v) is 6.80. The van der Waals surface area contributed by atoms with Crippen molar-refractivity contribution in [3.05, 3.63) is 46.5 Å². The second-order valence-electron chi connectivity index (χ2n) is 4.11. The molecule has 0 saturated carbocycles. The summed E-state index contributed by atoms with van der Waals surface area (Å²) in [5.74, 6) is 0.779. The number of nitrogens with zero attached hydrogens (tertiary/aromatic N) is 2. The SMILES string of the molecule is CN1CCCS/C1=C(/C#N)C(=O)c1ccccc1. The molecule has 0 spiro atoms. The van der Waals surface area contributed by atoms with Crippen LogP contribution in [0.15, 0.2) is 40.9 Å². The Bertz CT molecular complexity index is 516. The third-order valence-electron chi connectivity index (χ3n) is 2.81. The van der Waals surface area contributed by atoms with Crippen LogP contribution < -0.4 is 0 Å². The zero-order chi connectivity index (χ0) is 13.0. The van der Waals surface area contributed by atoms with Crippen molar-refractivity contribution in [3.63, 3.8) is 0 Å². The first-order chi connectivity index (χ1) is 8.74. The lowest BCUT2D eigenvalue weighted by Crippen LogP contribution is -2.25. The van der Waals surface area contributed by atoms with Crippen molar-refractivity contribution in [2.75, 3.05) is 19.3 Å². The van der Waals surface area contributed by atoms with Gasteiger partial charge in [0.1, 0.15) is 11.6 Å². The maximum atomic E-state index is 12.3. The predicted octanol–water partition coefficient (Wildman–Crippen LogP) is 2.67. The van der Waals surface area contributed by atoms with Gasteiger partial charge in [0.15, 0.2) is 0 Å². The van der Waals surface area contributed by atoms with E-state index in [0.29, 0.717) is 5.56 Å². The molecule has 3 nitrogen and oxygen atoms in total. The Labute approximate surface area is 111 Å². The van der Waals surface area contributed by atoms with Gasteiger partial charge in [-0.15, -0.1) is 11.8 Å². The van der Waals surface area contributed by atoms with Gasteiger partial charge in [0.2, 0.25) is 5.78 Å². The smallest absolute Gasteiger partial charge is 0.206 e. The fraction of sp³-hybridized carbons (Fsp3) is 0.286. The number of rotatable bonds is 2. The minimum Gasteiger partial charge on any atom is -0.368 e. The molecular formula is C14H14N2OS. The monoisotopic (exact) mass is 258 g/mol. The zero-order valence-corrected chi connectivity index (χ0v) is 11.0. The summed E-state index contributed by atoms with van der Waals surface area (Å²) in [6.07, 6.45) is 1.09. The fourth-order valence-electron chi connectivity index (χ4n) is 1.87. The fourth-order valence-corrected chi connectivity index (χ4v) is 2.94. The summed E-state index contributed by atoms with van der Waals surface area (Å²) in [5, 5.41) is 10.1. The van der Waals surface area contributed by atoms with Crippen molar-refractivity contribution in [1.82, 2.24) is 4.90 Å². The third-order valence-corrected chi connectivity index (χ3v) is 4.09. The van der Waals surface area contributed by atoms with E-state index in [1.165, 1.54) is 0 Å². The van der Waals surface area contributed by atoms with Crippen LogP contribution in [0.3, 0.4) is 0 Å². The Morgan fingerprint density at radius 1 is 1.39 bits per heavy atom. The number of allylic oxidation sites excluding steroid dienone is 1. The zero-order valence-electron chi connectivity index (χ0n) is 10.2. The van der Waals surface area contributed by atoms with Gasteiger partial charge in [0.25, 0.3) is 0 Å². The molecule has 1 aliphatic heterocycles. The van der Waals surface area contributed by atoms with Gasteiger partial charge in [0.05, 0.1) is 5.03 Å². The molecule has 1 aliphatic rings. The number of carbonyl (C=O) groups excluding carboxylic acids is 1. The summed E-state index contributed by atoms with van der Waals surface area (Å²) < 4.78 is 0. The van der Waals surface area contributed by atoms with Crippen molar-refractivity contribution in [1.29, 1.82) is 5.26 Å². The largest absolute Gasteiger partial charge is 0.368 e. The average Bonchev–Trinajstić information content (AvgIpc) is 2.42. The van der Waals surface area contributed by atoms with Crippen molar-refractivity contribution in [2.45, 2.75) is 6.42 Å². The first kappa shape index (κ1) is 12.7. The number of thioether (sulfide) groups is 1. The Balaban J connectivity index is 2.37. The third kappa shape index (κ3) is 2.57. The molecule has 2 rings (SSSR count). The maximum Gasteiger partial charge on any atom is 0.206 e.